The average molecular weight is 227 g/mol. The van der Waals surface area contributed by atoms with Crippen LogP contribution in [0.3, 0.4) is 0 Å². The Balaban J connectivity index is 1.87. The van der Waals surface area contributed by atoms with E-state index in [0.717, 1.165) is 17.5 Å². The van der Waals surface area contributed by atoms with Gasteiger partial charge in [-0.1, -0.05) is 18.7 Å². The Kier molecular flexibility index (Phi) is 3.42. The lowest BCUT2D eigenvalue weighted by Crippen LogP contribution is -2.25. The number of nitrogens with zero attached hydrogens (tertiary/aromatic N) is 2. The zero-order chi connectivity index (χ0) is 9.80. The second kappa shape index (κ2) is 4.79. The first-order valence-corrected chi connectivity index (χ1v) is 6.56. The Labute approximate surface area is 92.0 Å². The molecule has 0 amide bonds. The summed E-state index contributed by atoms with van der Waals surface area (Å²) in [5.41, 5.74) is 1.85. The van der Waals surface area contributed by atoms with Gasteiger partial charge in [0.2, 0.25) is 0 Å². The van der Waals surface area contributed by atoms with Gasteiger partial charge in [-0.25, -0.2) is 0 Å². The van der Waals surface area contributed by atoms with Gasteiger partial charge in [0.25, 0.3) is 0 Å². The minimum absolute atomic E-state index is 0.611. The van der Waals surface area contributed by atoms with E-state index >= 15 is 0 Å². The van der Waals surface area contributed by atoms with Gasteiger partial charge in [-0.3, -0.25) is 9.98 Å². The van der Waals surface area contributed by atoms with Gasteiger partial charge in [0.05, 0.1) is 12.1 Å². The van der Waals surface area contributed by atoms with E-state index in [-0.39, 0.29) is 0 Å². The maximum absolute atomic E-state index is 4.50. The number of hydrogen-bond acceptors (Lipinski definition) is 4. The molecule has 0 aromatic carbocycles. The van der Waals surface area contributed by atoms with E-state index in [1.165, 1.54) is 11.3 Å². The molecule has 0 radical (unpaired) electrons. The highest BCUT2D eigenvalue weighted by Crippen LogP contribution is 2.17. The molecule has 1 aliphatic rings. The summed E-state index contributed by atoms with van der Waals surface area (Å²) in [7, 11) is 0. The number of aromatic nitrogens is 1. The van der Waals surface area contributed by atoms with Gasteiger partial charge in [0.1, 0.15) is 0 Å². The Morgan fingerprint density at radius 1 is 1.71 bits per heavy atom. The molecule has 14 heavy (non-hydrogen) atoms. The first kappa shape index (κ1) is 9.98. The van der Waals surface area contributed by atoms with Crippen LogP contribution >= 0.6 is 23.1 Å². The fourth-order valence-electron chi connectivity index (χ4n) is 1.22. The molecule has 0 spiro atoms. The van der Waals surface area contributed by atoms with Crippen LogP contribution in [0.1, 0.15) is 18.2 Å². The van der Waals surface area contributed by atoms with Crippen molar-refractivity contribution in [3.05, 3.63) is 16.6 Å². The minimum Gasteiger partial charge on any atom is -0.361 e. The van der Waals surface area contributed by atoms with Crippen molar-refractivity contribution >= 4 is 28.3 Å². The van der Waals surface area contributed by atoms with Crippen molar-refractivity contribution in [2.75, 3.05) is 5.75 Å². The fourth-order valence-corrected chi connectivity index (χ4v) is 2.82. The minimum atomic E-state index is 0.611. The first-order valence-electron chi connectivity index (χ1n) is 4.69. The van der Waals surface area contributed by atoms with Crippen LogP contribution in [-0.4, -0.2) is 21.9 Å². The standard InChI is InChI=1S/C9H13N3S2/c1-2-7-5-13-9(12-7)11-4-8-3-10-6-14-8/h3,6-7H,2,4-5H2,1H3,(H,11,12). The molecule has 2 heterocycles. The van der Waals surface area contributed by atoms with Crippen LogP contribution in [0.2, 0.25) is 0 Å². The number of rotatable bonds is 3. The lowest BCUT2D eigenvalue weighted by Gasteiger charge is -2.04. The molecule has 1 atom stereocenters. The van der Waals surface area contributed by atoms with Crippen molar-refractivity contribution in [1.82, 2.24) is 10.3 Å². The van der Waals surface area contributed by atoms with Gasteiger partial charge < -0.3 is 5.32 Å². The highest BCUT2D eigenvalue weighted by Gasteiger charge is 2.17. The molecule has 76 valence electrons. The summed E-state index contributed by atoms with van der Waals surface area (Å²) in [6, 6.07) is 0.611. The summed E-state index contributed by atoms with van der Waals surface area (Å²) in [5, 5.41) is 4.49. The second-order valence-electron chi connectivity index (χ2n) is 3.15. The Morgan fingerprint density at radius 2 is 2.64 bits per heavy atom. The maximum atomic E-state index is 4.50. The predicted octanol–water partition coefficient (Wildman–Crippen LogP) is 2.11. The molecule has 2 rings (SSSR count). The van der Waals surface area contributed by atoms with Gasteiger partial charge in [0, 0.05) is 22.9 Å². The third kappa shape index (κ3) is 2.48. The van der Waals surface area contributed by atoms with E-state index in [9.17, 15) is 0 Å². The summed E-state index contributed by atoms with van der Waals surface area (Å²) in [5.74, 6) is 1.15. The molecule has 0 bridgehead atoms. The smallest absolute Gasteiger partial charge is 0.157 e. The SMILES string of the molecule is CCC1CSC(=NCc2cncs2)N1. The molecule has 1 unspecified atom stereocenters. The molecular formula is C9H13N3S2. The average Bonchev–Trinajstić information content (AvgIpc) is 2.86. The van der Waals surface area contributed by atoms with Crippen molar-refractivity contribution in [2.24, 2.45) is 4.99 Å². The zero-order valence-electron chi connectivity index (χ0n) is 8.06. The van der Waals surface area contributed by atoms with Crippen LogP contribution in [0.5, 0.6) is 0 Å². The Bertz CT molecular complexity index is 308. The second-order valence-corrected chi connectivity index (χ2v) is 5.13. The van der Waals surface area contributed by atoms with Gasteiger partial charge >= 0.3 is 0 Å². The third-order valence-electron chi connectivity index (χ3n) is 2.10. The van der Waals surface area contributed by atoms with Crippen LogP contribution in [0.25, 0.3) is 0 Å². The third-order valence-corrected chi connectivity index (χ3v) is 3.96. The normalized spacial score (nSPS) is 24.1. The first-order chi connectivity index (χ1) is 6.88. The molecule has 1 aromatic heterocycles. The Hall–Kier alpha value is -0.550. The van der Waals surface area contributed by atoms with Crippen LogP contribution in [0.15, 0.2) is 16.7 Å². The Morgan fingerprint density at radius 3 is 3.29 bits per heavy atom. The number of thiazole rings is 1. The quantitative estimate of drug-likeness (QED) is 0.859. The zero-order valence-corrected chi connectivity index (χ0v) is 9.70. The molecule has 1 aliphatic heterocycles. The summed E-state index contributed by atoms with van der Waals surface area (Å²) in [6.45, 7) is 2.96. The van der Waals surface area contributed by atoms with E-state index in [0.29, 0.717) is 6.04 Å². The molecule has 3 nitrogen and oxygen atoms in total. The number of amidine groups is 1. The molecule has 1 fully saturated rings. The number of hydrogen-bond donors (Lipinski definition) is 1. The molecular weight excluding hydrogens is 214 g/mol. The number of aliphatic imine (C=N–C) groups is 1. The largest absolute Gasteiger partial charge is 0.361 e. The van der Waals surface area contributed by atoms with Crippen LogP contribution < -0.4 is 5.32 Å². The van der Waals surface area contributed by atoms with Gasteiger partial charge in [-0.2, -0.15) is 0 Å². The van der Waals surface area contributed by atoms with E-state index in [4.69, 9.17) is 0 Å². The number of thioether (sulfide) groups is 1. The molecule has 1 aromatic rings. The summed E-state index contributed by atoms with van der Waals surface area (Å²) >= 11 is 3.48. The van der Waals surface area contributed by atoms with Crippen molar-refractivity contribution < 1.29 is 0 Å². The molecule has 1 saturated heterocycles. The van der Waals surface area contributed by atoms with Crippen LogP contribution in [0.4, 0.5) is 0 Å². The maximum Gasteiger partial charge on any atom is 0.157 e. The van der Waals surface area contributed by atoms with Crippen molar-refractivity contribution in [3.8, 4) is 0 Å². The van der Waals surface area contributed by atoms with E-state index in [1.807, 2.05) is 23.5 Å². The highest BCUT2D eigenvalue weighted by molar-refractivity contribution is 8.14. The summed E-state index contributed by atoms with van der Waals surface area (Å²) < 4.78 is 0. The summed E-state index contributed by atoms with van der Waals surface area (Å²) in [6.07, 6.45) is 3.05. The van der Waals surface area contributed by atoms with E-state index in [2.05, 4.69) is 22.2 Å². The fraction of sp³-hybridized carbons (Fsp3) is 0.556. The monoisotopic (exact) mass is 227 g/mol. The molecule has 5 heteroatoms. The molecule has 0 saturated carbocycles. The lowest BCUT2D eigenvalue weighted by atomic mass is 10.3. The van der Waals surface area contributed by atoms with E-state index in [1.54, 1.807) is 11.3 Å². The number of nitrogens with one attached hydrogen (secondary N) is 1. The van der Waals surface area contributed by atoms with Gasteiger partial charge in [0.15, 0.2) is 5.17 Å². The van der Waals surface area contributed by atoms with Gasteiger partial charge in [-0.15, -0.1) is 11.3 Å². The van der Waals surface area contributed by atoms with Gasteiger partial charge in [-0.05, 0) is 6.42 Å². The van der Waals surface area contributed by atoms with Crippen LogP contribution in [0, 0.1) is 0 Å². The van der Waals surface area contributed by atoms with Crippen LogP contribution in [-0.2, 0) is 6.54 Å². The molecule has 1 N–H and O–H groups in total. The predicted molar refractivity (Wildman–Crippen MR) is 62.9 cm³/mol. The van der Waals surface area contributed by atoms with E-state index < -0.39 is 0 Å². The molecule has 0 aliphatic carbocycles. The topological polar surface area (TPSA) is 37.3 Å². The van der Waals surface area contributed by atoms with Crippen molar-refractivity contribution in [3.63, 3.8) is 0 Å². The summed E-state index contributed by atoms with van der Waals surface area (Å²) in [4.78, 5) is 9.75. The van der Waals surface area contributed by atoms with Crippen molar-refractivity contribution in [2.45, 2.75) is 25.9 Å². The highest BCUT2D eigenvalue weighted by atomic mass is 32.2. The lowest BCUT2D eigenvalue weighted by molar-refractivity contribution is 0.667. The van der Waals surface area contributed by atoms with Crippen molar-refractivity contribution in [1.29, 1.82) is 0 Å².